The van der Waals surface area contributed by atoms with Crippen LogP contribution in [0.2, 0.25) is 0 Å². The molecule has 19 heavy (non-hydrogen) atoms. The maximum Gasteiger partial charge on any atom is 0.233 e. The number of hydrogen-bond donors (Lipinski definition) is 0. The van der Waals surface area contributed by atoms with E-state index in [1.165, 1.54) is 12.1 Å². The van der Waals surface area contributed by atoms with E-state index in [1.54, 1.807) is 12.1 Å². The number of benzene rings is 1. The molecule has 3 nitrogen and oxygen atoms in total. The first-order valence-corrected chi connectivity index (χ1v) is 8.59. The molecule has 6 heteroatoms. The molecule has 0 spiro atoms. The molecule has 0 aliphatic heterocycles. The SMILES string of the molecule is CCC(CC)(COc1cccc(F)c1)CS(=O)(=O)Cl. The van der Waals surface area contributed by atoms with E-state index in [0.29, 0.717) is 18.6 Å². The summed E-state index contributed by atoms with van der Waals surface area (Å²) in [6.45, 7) is 3.97. The highest BCUT2D eigenvalue weighted by atomic mass is 35.7. The summed E-state index contributed by atoms with van der Waals surface area (Å²) in [5.74, 6) is -0.150. The summed E-state index contributed by atoms with van der Waals surface area (Å²) in [5.41, 5.74) is -0.549. The van der Waals surface area contributed by atoms with Crippen LogP contribution in [0.3, 0.4) is 0 Å². The van der Waals surface area contributed by atoms with Gasteiger partial charge >= 0.3 is 0 Å². The third-order valence-electron chi connectivity index (χ3n) is 3.32. The third kappa shape index (κ3) is 5.37. The second kappa shape index (κ2) is 6.57. The van der Waals surface area contributed by atoms with Crippen molar-refractivity contribution in [1.82, 2.24) is 0 Å². The highest BCUT2D eigenvalue weighted by Crippen LogP contribution is 2.30. The number of ether oxygens (including phenoxy) is 1. The lowest BCUT2D eigenvalue weighted by Crippen LogP contribution is -2.33. The number of hydrogen-bond acceptors (Lipinski definition) is 3. The van der Waals surface area contributed by atoms with Crippen molar-refractivity contribution in [2.24, 2.45) is 5.41 Å². The van der Waals surface area contributed by atoms with Crippen molar-refractivity contribution in [2.45, 2.75) is 26.7 Å². The molecular weight excluding hydrogens is 291 g/mol. The van der Waals surface area contributed by atoms with Crippen molar-refractivity contribution in [2.75, 3.05) is 12.4 Å². The molecule has 0 aromatic heterocycles. The van der Waals surface area contributed by atoms with Gasteiger partial charge in [-0.05, 0) is 25.0 Å². The minimum Gasteiger partial charge on any atom is -0.493 e. The summed E-state index contributed by atoms with van der Waals surface area (Å²) in [5, 5.41) is 0. The Balaban J connectivity index is 2.79. The van der Waals surface area contributed by atoms with Crippen LogP contribution >= 0.6 is 10.7 Å². The normalized spacial score (nSPS) is 12.4. The fraction of sp³-hybridized carbons (Fsp3) is 0.538. The van der Waals surface area contributed by atoms with Gasteiger partial charge in [-0.3, -0.25) is 0 Å². The number of halogens is 2. The molecule has 0 radical (unpaired) electrons. The van der Waals surface area contributed by atoms with Crippen LogP contribution in [0, 0.1) is 11.2 Å². The van der Waals surface area contributed by atoms with Gasteiger partial charge in [0.15, 0.2) is 0 Å². The smallest absolute Gasteiger partial charge is 0.233 e. The summed E-state index contributed by atoms with van der Waals surface area (Å²) < 4.78 is 41.1. The lowest BCUT2D eigenvalue weighted by atomic mass is 9.85. The molecule has 0 aliphatic rings. The van der Waals surface area contributed by atoms with Crippen LogP contribution < -0.4 is 4.74 Å². The Morgan fingerprint density at radius 2 is 1.95 bits per heavy atom. The molecular formula is C13H18ClFO3S. The molecule has 0 N–H and O–H groups in total. The Bertz CT molecular complexity index is 512. The van der Waals surface area contributed by atoms with E-state index in [0.717, 1.165) is 0 Å². The van der Waals surface area contributed by atoms with E-state index in [1.807, 2.05) is 13.8 Å². The van der Waals surface area contributed by atoms with Crippen LogP contribution in [0.5, 0.6) is 5.75 Å². The Labute approximate surface area is 118 Å². The lowest BCUT2D eigenvalue weighted by molar-refractivity contribution is 0.154. The summed E-state index contributed by atoms with van der Waals surface area (Å²) in [4.78, 5) is 0. The van der Waals surface area contributed by atoms with Crippen molar-refractivity contribution < 1.29 is 17.5 Å². The molecule has 1 rings (SSSR count). The zero-order valence-electron chi connectivity index (χ0n) is 11.0. The predicted octanol–water partition coefficient (Wildman–Crippen LogP) is 3.58. The van der Waals surface area contributed by atoms with Crippen LogP contribution in [0.1, 0.15) is 26.7 Å². The molecule has 0 bridgehead atoms. The van der Waals surface area contributed by atoms with Gasteiger partial charge in [0, 0.05) is 22.2 Å². The van der Waals surface area contributed by atoms with E-state index < -0.39 is 14.5 Å². The van der Waals surface area contributed by atoms with Crippen molar-refractivity contribution in [3.8, 4) is 5.75 Å². The van der Waals surface area contributed by atoms with E-state index >= 15 is 0 Å². The van der Waals surface area contributed by atoms with Crippen molar-refractivity contribution >= 4 is 19.7 Å². The molecule has 1 aromatic carbocycles. The molecule has 0 atom stereocenters. The fourth-order valence-corrected chi connectivity index (χ4v) is 3.78. The molecule has 1 aromatic rings. The van der Waals surface area contributed by atoms with Crippen LogP contribution in [-0.4, -0.2) is 20.8 Å². The first kappa shape index (κ1) is 16.2. The average molecular weight is 309 g/mol. The second-order valence-corrected chi connectivity index (χ2v) is 7.41. The summed E-state index contributed by atoms with van der Waals surface area (Å²) in [6, 6.07) is 5.77. The zero-order valence-corrected chi connectivity index (χ0v) is 12.6. The maximum atomic E-state index is 13.0. The minimum atomic E-state index is -3.60. The first-order chi connectivity index (χ1) is 8.80. The largest absolute Gasteiger partial charge is 0.493 e. The molecule has 0 fully saturated rings. The van der Waals surface area contributed by atoms with Gasteiger partial charge in [-0.1, -0.05) is 19.9 Å². The Hall–Kier alpha value is -0.810. The lowest BCUT2D eigenvalue weighted by Gasteiger charge is -2.30. The molecule has 0 unspecified atom stereocenters. The molecule has 0 amide bonds. The van der Waals surface area contributed by atoms with Crippen LogP contribution in [0.25, 0.3) is 0 Å². The van der Waals surface area contributed by atoms with Crippen LogP contribution in [0.4, 0.5) is 4.39 Å². The van der Waals surface area contributed by atoms with Crippen molar-refractivity contribution in [3.05, 3.63) is 30.1 Å². The van der Waals surface area contributed by atoms with E-state index in [-0.39, 0.29) is 18.2 Å². The molecule has 0 aliphatic carbocycles. The minimum absolute atomic E-state index is 0.149. The standard InChI is InChI=1S/C13H18ClFO3S/c1-3-13(4-2,10-19(14,16)17)9-18-12-7-5-6-11(15)8-12/h5-8H,3-4,9-10H2,1-2H3. The van der Waals surface area contributed by atoms with E-state index in [9.17, 15) is 12.8 Å². The maximum absolute atomic E-state index is 13.0. The second-order valence-electron chi connectivity index (χ2n) is 4.64. The Kier molecular flexibility index (Phi) is 5.62. The predicted molar refractivity (Wildman–Crippen MR) is 74.5 cm³/mol. The van der Waals surface area contributed by atoms with Gasteiger partial charge in [0.2, 0.25) is 9.05 Å². The van der Waals surface area contributed by atoms with Crippen molar-refractivity contribution in [1.29, 1.82) is 0 Å². The van der Waals surface area contributed by atoms with Gasteiger partial charge in [0.1, 0.15) is 11.6 Å². The zero-order chi connectivity index (χ0) is 14.5. The van der Waals surface area contributed by atoms with Gasteiger partial charge in [-0.25, -0.2) is 12.8 Å². The average Bonchev–Trinajstić information content (AvgIpc) is 2.33. The van der Waals surface area contributed by atoms with E-state index in [2.05, 4.69) is 0 Å². The van der Waals surface area contributed by atoms with Crippen LogP contribution in [0.15, 0.2) is 24.3 Å². The molecule has 0 saturated heterocycles. The summed E-state index contributed by atoms with van der Waals surface area (Å²) in [6.07, 6.45) is 1.23. The quantitative estimate of drug-likeness (QED) is 0.723. The van der Waals surface area contributed by atoms with Gasteiger partial charge in [-0.15, -0.1) is 0 Å². The van der Waals surface area contributed by atoms with Gasteiger partial charge < -0.3 is 4.74 Å². The highest BCUT2D eigenvalue weighted by Gasteiger charge is 2.32. The molecule has 0 saturated carbocycles. The molecule has 0 heterocycles. The van der Waals surface area contributed by atoms with Gasteiger partial charge in [0.05, 0.1) is 12.4 Å². The first-order valence-electron chi connectivity index (χ1n) is 6.11. The topological polar surface area (TPSA) is 43.4 Å². The fourth-order valence-electron chi connectivity index (χ4n) is 1.86. The highest BCUT2D eigenvalue weighted by molar-refractivity contribution is 8.13. The number of rotatable bonds is 7. The van der Waals surface area contributed by atoms with Gasteiger partial charge in [0.25, 0.3) is 0 Å². The van der Waals surface area contributed by atoms with E-state index in [4.69, 9.17) is 15.4 Å². The Morgan fingerprint density at radius 3 is 2.42 bits per heavy atom. The summed E-state index contributed by atoms with van der Waals surface area (Å²) in [7, 11) is 1.74. The van der Waals surface area contributed by atoms with Crippen LogP contribution in [-0.2, 0) is 9.05 Å². The monoisotopic (exact) mass is 308 g/mol. The van der Waals surface area contributed by atoms with Gasteiger partial charge in [-0.2, -0.15) is 0 Å². The van der Waals surface area contributed by atoms with Crippen molar-refractivity contribution in [3.63, 3.8) is 0 Å². The third-order valence-corrected chi connectivity index (χ3v) is 4.60. The molecule has 108 valence electrons. The summed E-state index contributed by atoms with van der Waals surface area (Å²) >= 11 is 0. The Morgan fingerprint density at radius 1 is 1.32 bits per heavy atom.